The molecule has 2 heteroatoms. The van der Waals surface area contributed by atoms with Crippen molar-refractivity contribution < 1.29 is 4.74 Å². The maximum Gasteiger partial charge on any atom is 0.119 e. The Kier molecular flexibility index (Phi) is 5.26. The van der Waals surface area contributed by atoms with Gasteiger partial charge in [0.2, 0.25) is 0 Å². The molecule has 2 N–H and O–H groups in total. The van der Waals surface area contributed by atoms with Gasteiger partial charge in [0.05, 0.1) is 6.61 Å². The number of hydrogen-bond donors (Lipinski definition) is 1. The lowest BCUT2D eigenvalue weighted by molar-refractivity contribution is 0.274. The van der Waals surface area contributed by atoms with E-state index in [2.05, 4.69) is 32.0 Å². The Hall–Kier alpha value is -1.02. The highest BCUT2D eigenvalue weighted by Gasteiger charge is 2.21. The van der Waals surface area contributed by atoms with Crippen LogP contribution >= 0.6 is 0 Å². The molecule has 19 heavy (non-hydrogen) atoms. The van der Waals surface area contributed by atoms with E-state index in [4.69, 9.17) is 10.5 Å². The molecule has 1 aliphatic carbocycles. The average molecular weight is 261 g/mol. The molecule has 0 bridgehead atoms. The molecule has 0 spiro atoms. The van der Waals surface area contributed by atoms with Gasteiger partial charge in [-0.05, 0) is 48.8 Å². The summed E-state index contributed by atoms with van der Waals surface area (Å²) in [7, 11) is 0. The summed E-state index contributed by atoms with van der Waals surface area (Å²) in [5.74, 6) is 2.25. The molecule has 0 heterocycles. The Labute approximate surface area is 117 Å². The molecule has 1 fully saturated rings. The summed E-state index contributed by atoms with van der Waals surface area (Å²) in [5, 5.41) is 0. The van der Waals surface area contributed by atoms with Gasteiger partial charge < -0.3 is 10.5 Å². The van der Waals surface area contributed by atoms with Crippen LogP contribution in [0.3, 0.4) is 0 Å². The van der Waals surface area contributed by atoms with Crippen LogP contribution in [0.5, 0.6) is 5.75 Å². The smallest absolute Gasteiger partial charge is 0.119 e. The molecule has 0 aromatic heterocycles. The van der Waals surface area contributed by atoms with E-state index >= 15 is 0 Å². The van der Waals surface area contributed by atoms with Crippen LogP contribution in [0.2, 0.25) is 0 Å². The maximum atomic E-state index is 6.24. The third kappa shape index (κ3) is 4.24. The van der Waals surface area contributed by atoms with Crippen LogP contribution in [0.1, 0.15) is 57.4 Å². The summed E-state index contributed by atoms with van der Waals surface area (Å²) < 4.78 is 5.85. The molecule has 0 radical (unpaired) electrons. The van der Waals surface area contributed by atoms with E-state index < -0.39 is 0 Å². The first-order chi connectivity index (χ1) is 9.16. The molecule has 0 saturated heterocycles. The summed E-state index contributed by atoms with van der Waals surface area (Å²) in [6.07, 6.45) is 6.30. The van der Waals surface area contributed by atoms with Crippen molar-refractivity contribution in [2.24, 2.45) is 11.7 Å². The van der Waals surface area contributed by atoms with Crippen molar-refractivity contribution in [1.82, 2.24) is 0 Å². The fraction of sp³-hybridized carbons (Fsp3) is 0.647. The molecule has 1 unspecified atom stereocenters. The predicted molar refractivity (Wildman–Crippen MR) is 80.6 cm³/mol. The van der Waals surface area contributed by atoms with Crippen LogP contribution in [-0.2, 0) is 0 Å². The molecule has 0 amide bonds. The molecular weight excluding hydrogens is 234 g/mol. The second-order valence-electron chi connectivity index (χ2n) is 6.07. The summed E-state index contributed by atoms with van der Waals surface area (Å²) in [4.78, 5) is 0. The Morgan fingerprint density at radius 2 is 2.00 bits per heavy atom. The first-order valence-corrected chi connectivity index (χ1v) is 7.65. The zero-order chi connectivity index (χ0) is 13.7. The average Bonchev–Trinajstić information content (AvgIpc) is 2.93. The SMILES string of the molecule is CC(C)c1cccc(OCCC(N)C2CCCC2)c1. The van der Waals surface area contributed by atoms with Gasteiger partial charge in [-0.15, -0.1) is 0 Å². The zero-order valence-electron chi connectivity index (χ0n) is 12.3. The van der Waals surface area contributed by atoms with Crippen LogP contribution < -0.4 is 10.5 Å². The van der Waals surface area contributed by atoms with Gasteiger partial charge in [-0.2, -0.15) is 0 Å². The van der Waals surface area contributed by atoms with Gasteiger partial charge in [0.15, 0.2) is 0 Å². The second kappa shape index (κ2) is 6.95. The fourth-order valence-electron chi connectivity index (χ4n) is 2.90. The van der Waals surface area contributed by atoms with Crippen LogP contribution in [0.15, 0.2) is 24.3 Å². The third-order valence-electron chi connectivity index (χ3n) is 4.25. The standard InChI is InChI=1S/C17H27NO/c1-13(2)15-8-5-9-16(12-15)19-11-10-17(18)14-6-3-4-7-14/h5,8-9,12-14,17H,3-4,6-7,10-11,18H2,1-2H3. The highest BCUT2D eigenvalue weighted by atomic mass is 16.5. The largest absolute Gasteiger partial charge is 0.494 e. The van der Waals surface area contributed by atoms with Crippen LogP contribution in [0.25, 0.3) is 0 Å². The molecule has 1 saturated carbocycles. The number of rotatable bonds is 6. The Morgan fingerprint density at radius 3 is 2.68 bits per heavy atom. The summed E-state index contributed by atoms with van der Waals surface area (Å²) in [5.41, 5.74) is 7.57. The van der Waals surface area contributed by atoms with E-state index in [1.807, 2.05) is 6.07 Å². The number of hydrogen-bond acceptors (Lipinski definition) is 2. The van der Waals surface area contributed by atoms with Crippen molar-refractivity contribution in [2.75, 3.05) is 6.61 Å². The Bertz CT molecular complexity index is 383. The monoisotopic (exact) mass is 261 g/mol. The van der Waals surface area contributed by atoms with E-state index in [-0.39, 0.29) is 0 Å². The number of ether oxygens (including phenoxy) is 1. The van der Waals surface area contributed by atoms with E-state index in [0.29, 0.717) is 12.0 Å². The molecule has 1 aromatic rings. The highest BCUT2D eigenvalue weighted by Crippen LogP contribution is 2.28. The van der Waals surface area contributed by atoms with Crippen molar-refractivity contribution in [3.05, 3.63) is 29.8 Å². The quantitative estimate of drug-likeness (QED) is 0.837. The van der Waals surface area contributed by atoms with E-state index in [1.165, 1.54) is 31.2 Å². The van der Waals surface area contributed by atoms with E-state index in [9.17, 15) is 0 Å². The van der Waals surface area contributed by atoms with Gasteiger partial charge in [0.25, 0.3) is 0 Å². The van der Waals surface area contributed by atoms with E-state index in [1.54, 1.807) is 0 Å². The molecule has 0 aliphatic heterocycles. The maximum absolute atomic E-state index is 6.24. The summed E-state index contributed by atoms with van der Waals surface area (Å²) in [6.45, 7) is 5.14. The van der Waals surface area contributed by atoms with Gasteiger partial charge in [0.1, 0.15) is 5.75 Å². The van der Waals surface area contributed by atoms with Gasteiger partial charge in [0, 0.05) is 6.04 Å². The summed E-state index contributed by atoms with van der Waals surface area (Å²) in [6, 6.07) is 8.72. The third-order valence-corrected chi connectivity index (χ3v) is 4.25. The Balaban J connectivity index is 1.77. The normalized spacial score (nSPS) is 17.9. The molecule has 1 aliphatic rings. The van der Waals surface area contributed by atoms with Crippen molar-refractivity contribution in [1.29, 1.82) is 0 Å². The van der Waals surface area contributed by atoms with Crippen molar-refractivity contribution in [3.63, 3.8) is 0 Å². The minimum atomic E-state index is 0.316. The molecule has 1 aromatic carbocycles. The van der Waals surface area contributed by atoms with Crippen LogP contribution in [-0.4, -0.2) is 12.6 Å². The van der Waals surface area contributed by atoms with Crippen molar-refractivity contribution in [3.8, 4) is 5.75 Å². The minimum Gasteiger partial charge on any atom is -0.494 e. The second-order valence-corrected chi connectivity index (χ2v) is 6.07. The summed E-state index contributed by atoms with van der Waals surface area (Å²) >= 11 is 0. The minimum absolute atomic E-state index is 0.316. The molecule has 2 nitrogen and oxygen atoms in total. The topological polar surface area (TPSA) is 35.2 Å². The predicted octanol–water partition coefficient (Wildman–Crippen LogP) is 4.10. The van der Waals surface area contributed by atoms with Crippen LogP contribution in [0, 0.1) is 5.92 Å². The highest BCUT2D eigenvalue weighted by molar-refractivity contribution is 5.30. The molecule has 106 valence electrons. The van der Waals surface area contributed by atoms with Gasteiger partial charge >= 0.3 is 0 Å². The van der Waals surface area contributed by atoms with Gasteiger partial charge in [-0.3, -0.25) is 0 Å². The van der Waals surface area contributed by atoms with E-state index in [0.717, 1.165) is 24.7 Å². The lowest BCUT2D eigenvalue weighted by Crippen LogP contribution is -2.30. The molecule has 1 atom stereocenters. The number of nitrogens with two attached hydrogens (primary N) is 1. The number of benzene rings is 1. The lowest BCUT2D eigenvalue weighted by atomic mass is 9.97. The van der Waals surface area contributed by atoms with Gasteiger partial charge in [-0.25, -0.2) is 0 Å². The first kappa shape index (κ1) is 14.4. The molecular formula is C17H27NO. The first-order valence-electron chi connectivity index (χ1n) is 7.65. The Morgan fingerprint density at radius 1 is 1.26 bits per heavy atom. The lowest BCUT2D eigenvalue weighted by Gasteiger charge is -2.19. The van der Waals surface area contributed by atoms with Crippen molar-refractivity contribution >= 4 is 0 Å². The van der Waals surface area contributed by atoms with Crippen LogP contribution in [0.4, 0.5) is 0 Å². The zero-order valence-corrected chi connectivity index (χ0v) is 12.3. The van der Waals surface area contributed by atoms with Gasteiger partial charge in [-0.1, -0.05) is 38.8 Å². The fourth-order valence-corrected chi connectivity index (χ4v) is 2.90. The molecule has 2 rings (SSSR count). The van der Waals surface area contributed by atoms with Crippen molar-refractivity contribution in [2.45, 2.75) is 57.9 Å².